The van der Waals surface area contributed by atoms with Crippen LogP contribution in [0.5, 0.6) is 0 Å². The van der Waals surface area contributed by atoms with Crippen molar-refractivity contribution in [3.05, 3.63) is 0 Å². The molecule has 0 aromatic heterocycles. The second-order valence-corrected chi connectivity index (χ2v) is 6.00. The molecule has 1 nitrogen and oxygen atoms in total. The van der Waals surface area contributed by atoms with Gasteiger partial charge in [0.25, 0.3) is 0 Å². The van der Waals surface area contributed by atoms with Gasteiger partial charge < -0.3 is 5.32 Å². The van der Waals surface area contributed by atoms with Crippen LogP contribution in [0, 0.1) is 11.3 Å². The highest BCUT2D eigenvalue weighted by Crippen LogP contribution is 2.48. The molecule has 0 amide bonds. The summed E-state index contributed by atoms with van der Waals surface area (Å²) in [7, 11) is 0. The molecule has 1 atom stereocenters. The summed E-state index contributed by atoms with van der Waals surface area (Å²) in [5.41, 5.74) is 0.642. The minimum absolute atomic E-state index is 0.642. The molecule has 14 heavy (non-hydrogen) atoms. The largest absolute Gasteiger partial charge is 0.311 e. The van der Waals surface area contributed by atoms with E-state index in [9.17, 15) is 0 Å². The topological polar surface area (TPSA) is 12.0 Å². The zero-order chi connectivity index (χ0) is 10.2. The van der Waals surface area contributed by atoms with Gasteiger partial charge in [0.2, 0.25) is 0 Å². The van der Waals surface area contributed by atoms with Crippen LogP contribution >= 0.6 is 0 Å². The first-order valence-corrected chi connectivity index (χ1v) is 6.36. The summed E-state index contributed by atoms with van der Waals surface area (Å²) in [4.78, 5) is 0. The lowest BCUT2D eigenvalue weighted by Crippen LogP contribution is -2.42. The minimum atomic E-state index is 0.642. The van der Waals surface area contributed by atoms with E-state index in [2.05, 4.69) is 26.1 Å². The van der Waals surface area contributed by atoms with E-state index < -0.39 is 0 Å². The molecule has 0 aromatic carbocycles. The monoisotopic (exact) mass is 195 g/mol. The summed E-state index contributed by atoms with van der Waals surface area (Å²) in [5.74, 6) is 0.972. The van der Waals surface area contributed by atoms with Gasteiger partial charge in [-0.25, -0.2) is 0 Å². The minimum Gasteiger partial charge on any atom is -0.311 e. The predicted molar refractivity (Wildman–Crippen MR) is 61.4 cm³/mol. The number of hydrogen-bond donors (Lipinski definition) is 1. The van der Waals surface area contributed by atoms with E-state index >= 15 is 0 Å². The van der Waals surface area contributed by atoms with E-state index in [1.54, 1.807) is 0 Å². The predicted octanol–water partition coefficient (Wildman–Crippen LogP) is 3.34. The maximum absolute atomic E-state index is 3.84. The first kappa shape index (κ1) is 10.5. The highest BCUT2D eigenvalue weighted by molar-refractivity contribution is 4.97. The SMILES string of the molecule is CC1CCC(NC(C)C2(C)CC2)CC1. The zero-order valence-electron chi connectivity index (χ0n) is 9.97. The molecule has 2 fully saturated rings. The lowest BCUT2D eigenvalue weighted by Gasteiger charge is -2.32. The van der Waals surface area contributed by atoms with Crippen molar-refractivity contribution < 1.29 is 0 Å². The first-order valence-electron chi connectivity index (χ1n) is 6.36. The second-order valence-electron chi connectivity index (χ2n) is 6.00. The Morgan fingerprint density at radius 3 is 2.21 bits per heavy atom. The highest BCUT2D eigenvalue weighted by atomic mass is 15.0. The summed E-state index contributed by atoms with van der Waals surface area (Å²) in [6, 6.07) is 1.56. The van der Waals surface area contributed by atoms with Gasteiger partial charge in [-0.3, -0.25) is 0 Å². The maximum atomic E-state index is 3.84. The molecular formula is C13H25N. The van der Waals surface area contributed by atoms with Crippen molar-refractivity contribution in [2.45, 2.75) is 71.4 Å². The third-order valence-corrected chi connectivity index (χ3v) is 4.59. The molecule has 82 valence electrons. The summed E-state index contributed by atoms with van der Waals surface area (Å²) in [6.45, 7) is 7.20. The molecule has 1 heteroatoms. The third-order valence-electron chi connectivity index (χ3n) is 4.59. The smallest absolute Gasteiger partial charge is 0.00951 e. The van der Waals surface area contributed by atoms with Crippen molar-refractivity contribution in [1.29, 1.82) is 0 Å². The first-order chi connectivity index (χ1) is 6.60. The van der Waals surface area contributed by atoms with Gasteiger partial charge >= 0.3 is 0 Å². The number of rotatable bonds is 3. The van der Waals surface area contributed by atoms with Crippen molar-refractivity contribution >= 4 is 0 Å². The fourth-order valence-electron chi connectivity index (χ4n) is 2.61. The lowest BCUT2D eigenvalue weighted by molar-refractivity contribution is 0.258. The Balaban J connectivity index is 1.75. The fourth-order valence-corrected chi connectivity index (χ4v) is 2.61. The molecule has 0 spiro atoms. The Hall–Kier alpha value is -0.0400. The Morgan fingerprint density at radius 1 is 1.14 bits per heavy atom. The maximum Gasteiger partial charge on any atom is 0.00951 e. The van der Waals surface area contributed by atoms with Gasteiger partial charge in [-0.05, 0) is 56.8 Å². The Kier molecular flexibility index (Phi) is 2.88. The second kappa shape index (κ2) is 3.84. The van der Waals surface area contributed by atoms with Crippen LogP contribution in [0.2, 0.25) is 0 Å². The fraction of sp³-hybridized carbons (Fsp3) is 1.00. The molecule has 2 rings (SSSR count). The average Bonchev–Trinajstić information content (AvgIpc) is 2.89. The van der Waals surface area contributed by atoms with Crippen LogP contribution in [-0.2, 0) is 0 Å². The normalized spacial score (nSPS) is 37.9. The van der Waals surface area contributed by atoms with Gasteiger partial charge in [0.1, 0.15) is 0 Å². The van der Waals surface area contributed by atoms with E-state index in [-0.39, 0.29) is 0 Å². The molecule has 2 aliphatic carbocycles. The summed E-state index contributed by atoms with van der Waals surface area (Å²) >= 11 is 0. The van der Waals surface area contributed by atoms with Crippen molar-refractivity contribution in [2.24, 2.45) is 11.3 Å². The van der Waals surface area contributed by atoms with Gasteiger partial charge in [0.15, 0.2) is 0 Å². The molecule has 0 aliphatic heterocycles. The van der Waals surface area contributed by atoms with Crippen LogP contribution in [0.25, 0.3) is 0 Å². The van der Waals surface area contributed by atoms with E-state index in [4.69, 9.17) is 0 Å². The molecule has 2 saturated carbocycles. The molecule has 1 N–H and O–H groups in total. The van der Waals surface area contributed by atoms with Gasteiger partial charge in [0.05, 0.1) is 0 Å². The third kappa shape index (κ3) is 2.31. The molecule has 2 aliphatic rings. The van der Waals surface area contributed by atoms with Gasteiger partial charge in [0, 0.05) is 12.1 Å². The highest BCUT2D eigenvalue weighted by Gasteiger charge is 2.42. The van der Waals surface area contributed by atoms with Crippen LogP contribution in [0.1, 0.15) is 59.3 Å². The summed E-state index contributed by atoms with van der Waals surface area (Å²) in [5, 5.41) is 3.84. The molecule has 0 saturated heterocycles. The van der Waals surface area contributed by atoms with Gasteiger partial charge in [-0.15, -0.1) is 0 Å². The molecular weight excluding hydrogens is 170 g/mol. The van der Waals surface area contributed by atoms with Crippen molar-refractivity contribution in [1.82, 2.24) is 5.32 Å². The van der Waals surface area contributed by atoms with Crippen LogP contribution in [0.4, 0.5) is 0 Å². The van der Waals surface area contributed by atoms with Crippen LogP contribution in [0.3, 0.4) is 0 Å². The zero-order valence-corrected chi connectivity index (χ0v) is 9.97. The van der Waals surface area contributed by atoms with E-state index in [1.807, 2.05) is 0 Å². The average molecular weight is 195 g/mol. The molecule has 0 radical (unpaired) electrons. The van der Waals surface area contributed by atoms with Gasteiger partial charge in [-0.1, -0.05) is 13.8 Å². The lowest BCUT2D eigenvalue weighted by atomic mass is 9.86. The Labute approximate surface area is 88.7 Å². The Morgan fingerprint density at radius 2 is 1.71 bits per heavy atom. The Bertz CT molecular complexity index is 187. The van der Waals surface area contributed by atoms with Crippen molar-refractivity contribution in [3.8, 4) is 0 Å². The molecule has 0 heterocycles. The van der Waals surface area contributed by atoms with E-state index in [0.29, 0.717) is 5.41 Å². The molecule has 1 unspecified atom stereocenters. The summed E-state index contributed by atoms with van der Waals surface area (Å²) in [6.07, 6.45) is 8.54. The van der Waals surface area contributed by atoms with Gasteiger partial charge in [-0.2, -0.15) is 0 Å². The molecule has 0 aromatic rings. The standard InChI is InChI=1S/C13H25N/c1-10-4-6-12(7-5-10)14-11(2)13(3)8-9-13/h10-12,14H,4-9H2,1-3H3. The number of hydrogen-bond acceptors (Lipinski definition) is 1. The van der Waals surface area contributed by atoms with Crippen LogP contribution in [0.15, 0.2) is 0 Å². The van der Waals surface area contributed by atoms with Crippen molar-refractivity contribution in [2.75, 3.05) is 0 Å². The van der Waals surface area contributed by atoms with Crippen LogP contribution in [-0.4, -0.2) is 12.1 Å². The van der Waals surface area contributed by atoms with Crippen molar-refractivity contribution in [3.63, 3.8) is 0 Å². The van der Waals surface area contributed by atoms with Crippen LogP contribution < -0.4 is 5.32 Å². The van der Waals surface area contributed by atoms with E-state index in [1.165, 1.54) is 38.5 Å². The number of nitrogens with one attached hydrogen (secondary N) is 1. The van der Waals surface area contributed by atoms with E-state index in [0.717, 1.165) is 18.0 Å². The summed E-state index contributed by atoms with van der Waals surface area (Å²) < 4.78 is 0. The molecule has 0 bridgehead atoms. The quantitative estimate of drug-likeness (QED) is 0.728.